The third-order valence-electron chi connectivity index (χ3n) is 4.95. The molecule has 100 valence electrons. The molecule has 1 saturated carbocycles. The Morgan fingerprint density at radius 1 is 1.26 bits per heavy atom. The highest BCUT2D eigenvalue weighted by Gasteiger charge is 2.38. The Bertz CT molecular complexity index is 570. The monoisotopic (exact) mass is 254 g/mol. The van der Waals surface area contributed by atoms with Gasteiger partial charge in [0.15, 0.2) is 0 Å². The number of pyridine rings is 1. The van der Waals surface area contributed by atoms with Crippen molar-refractivity contribution in [1.82, 2.24) is 4.98 Å². The molecule has 1 heterocycles. The first-order valence-corrected chi connectivity index (χ1v) is 7.35. The molecule has 1 aromatic heterocycles. The lowest BCUT2D eigenvalue weighted by Gasteiger charge is -2.34. The van der Waals surface area contributed by atoms with Crippen LogP contribution in [0.5, 0.6) is 0 Å². The van der Waals surface area contributed by atoms with Crippen molar-refractivity contribution in [2.24, 2.45) is 11.1 Å². The van der Waals surface area contributed by atoms with Crippen LogP contribution in [0, 0.1) is 5.41 Å². The van der Waals surface area contributed by atoms with Crippen molar-refractivity contribution in [3.8, 4) is 0 Å². The molecule has 19 heavy (non-hydrogen) atoms. The summed E-state index contributed by atoms with van der Waals surface area (Å²) in [6.45, 7) is 2.28. The number of nitrogens with zero attached hydrogens (tertiary/aromatic N) is 1. The molecule has 0 amide bonds. The zero-order valence-corrected chi connectivity index (χ0v) is 11.6. The topological polar surface area (TPSA) is 38.9 Å². The van der Waals surface area contributed by atoms with E-state index in [4.69, 9.17) is 5.73 Å². The minimum Gasteiger partial charge on any atom is -0.323 e. The Morgan fingerprint density at radius 3 is 2.79 bits per heavy atom. The Balaban J connectivity index is 1.99. The smallest absolute Gasteiger partial charge is 0.0705 e. The summed E-state index contributed by atoms with van der Waals surface area (Å²) in [6, 6.07) is 10.7. The Labute approximate surface area is 115 Å². The van der Waals surface area contributed by atoms with E-state index in [1.807, 2.05) is 12.3 Å². The molecular formula is C17H22N2. The maximum Gasteiger partial charge on any atom is 0.0705 e. The van der Waals surface area contributed by atoms with E-state index in [-0.39, 0.29) is 6.04 Å². The van der Waals surface area contributed by atoms with Crippen LogP contribution in [0.1, 0.15) is 50.6 Å². The number of nitrogens with two attached hydrogens (primary N) is 1. The van der Waals surface area contributed by atoms with E-state index in [2.05, 4.69) is 36.2 Å². The summed E-state index contributed by atoms with van der Waals surface area (Å²) in [6.07, 6.45) is 8.22. The van der Waals surface area contributed by atoms with Crippen molar-refractivity contribution in [3.63, 3.8) is 0 Å². The van der Waals surface area contributed by atoms with Gasteiger partial charge in [0.25, 0.3) is 0 Å². The van der Waals surface area contributed by atoms with Crippen LogP contribution in [0.4, 0.5) is 0 Å². The molecule has 1 fully saturated rings. The van der Waals surface area contributed by atoms with E-state index in [0.29, 0.717) is 5.41 Å². The lowest BCUT2D eigenvalue weighted by molar-refractivity contribution is 0.222. The van der Waals surface area contributed by atoms with E-state index in [0.717, 1.165) is 5.52 Å². The van der Waals surface area contributed by atoms with Gasteiger partial charge in [0.05, 0.1) is 5.52 Å². The van der Waals surface area contributed by atoms with E-state index >= 15 is 0 Å². The second kappa shape index (κ2) is 4.93. The predicted molar refractivity (Wildman–Crippen MR) is 79.9 cm³/mol. The standard InChI is InChI=1S/C17H22N2/c1-2-17(9-3-4-10-17)16(18)14-8-7-13-6-5-11-19-15(13)12-14/h5-8,11-12,16H,2-4,9-10,18H2,1H3. The average Bonchev–Trinajstić information content (AvgIpc) is 2.96. The fraction of sp³-hybridized carbons (Fsp3) is 0.471. The van der Waals surface area contributed by atoms with Crippen molar-refractivity contribution in [2.75, 3.05) is 0 Å². The molecule has 1 aliphatic rings. The summed E-state index contributed by atoms with van der Waals surface area (Å²) in [7, 11) is 0. The van der Waals surface area contributed by atoms with Crippen LogP contribution in [0.15, 0.2) is 36.5 Å². The van der Waals surface area contributed by atoms with Crippen molar-refractivity contribution >= 4 is 10.9 Å². The van der Waals surface area contributed by atoms with E-state index in [9.17, 15) is 0 Å². The SMILES string of the molecule is CCC1(C(N)c2ccc3cccnc3c2)CCCC1. The molecule has 1 unspecified atom stereocenters. The quantitative estimate of drug-likeness (QED) is 0.891. The first-order chi connectivity index (χ1) is 9.25. The molecule has 0 spiro atoms. The first-order valence-electron chi connectivity index (χ1n) is 7.35. The molecule has 1 aliphatic carbocycles. The van der Waals surface area contributed by atoms with Crippen molar-refractivity contribution in [1.29, 1.82) is 0 Å². The van der Waals surface area contributed by atoms with E-state index in [1.165, 1.54) is 43.1 Å². The second-order valence-electron chi connectivity index (χ2n) is 5.86. The van der Waals surface area contributed by atoms with E-state index in [1.54, 1.807) is 0 Å². The number of rotatable bonds is 3. The molecule has 0 radical (unpaired) electrons. The van der Waals surface area contributed by atoms with Gasteiger partial charge in [-0.2, -0.15) is 0 Å². The zero-order valence-electron chi connectivity index (χ0n) is 11.6. The van der Waals surface area contributed by atoms with Gasteiger partial charge in [0.1, 0.15) is 0 Å². The summed E-state index contributed by atoms with van der Waals surface area (Å²) in [5, 5.41) is 1.19. The van der Waals surface area contributed by atoms with Gasteiger partial charge in [-0.25, -0.2) is 0 Å². The highest BCUT2D eigenvalue weighted by molar-refractivity contribution is 5.79. The summed E-state index contributed by atoms with van der Waals surface area (Å²) in [5.41, 5.74) is 9.22. The lowest BCUT2D eigenvalue weighted by atomic mass is 9.74. The van der Waals surface area contributed by atoms with Gasteiger partial charge in [-0.05, 0) is 42.4 Å². The fourth-order valence-corrected chi connectivity index (χ4v) is 3.59. The number of hydrogen-bond acceptors (Lipinski definition) is 2. The highest BCUT2D eigenvalue weighted by atomic mass is 14.7. The third-order valence-corrected chi connectivity index (χ3v) is 4.95. The molecular weight excluding hydrogens is 232 g/mol. The fourth-order valence-electron chi connectivity index (χ4n) is 3.59. The van der Waals surface area contributed by atoms with Gasteiger partial charge < -0.3 is 5.73 Å². The van der Waals surface area contributed by atoms with Crippen LogP contribution in [-0.2, 0) is 0 Å². The van der Waals surface area contributed by atoms with Crippen LogP contribution < -0.4 is 5.73 Å². The number of benzene rings is 1. The van der Waals surface area contributed by atoms with Crippen LogP contribution in [-0.4, -0.2) is 4.98 Å². The molecule has 2 N–H and O–H groups in total. The van der Waals surface area contributed by atoms with Crippen LogP contribution >= 0.6 is 0 Å². The Kier molecular flexibility index (Phi) is 3.28. The third kappa shape index (κ3) is 2.14. The molecule has 2 nitrogen and oxygen atoms in total. The van der Waals surface area contributed by atoms with Gasteiger partial charge >= 0.3 is 0 Å². The first kappa shape index (κ1) is 12.6. The molecule has 2 heteroatoms. The zero-order chi connectivity index (χ0) is 13.3. The van der Waals surface area contributed by atoms with Crippen molar-refractivity contribution in [3.05, 3.63) is 42.1 Å². The predicted octanol–water partition coefficient (Wildman–Crippen LogP) is 4.21. The van der Waals surface area contributed by atoms with Gasteiger partial charge in [0, 0.05) is 17.6 Å². The maximum absolute atomic E-state index is 6.61. The molecule has 1 aromatic carbocycles. The van der Waals surface area contributed by atoms with Gasteiger partial charge in [-0.15, -0.1) is 0 Å². The van der Waals surface area contributed by atoms with Gasteiger partial charge in [-0.3, -0.25) is 4.98 Å². The van der Waals surface area contributed by atoms with Crippen LogP contribution in [0.25, 0.3) is 10.9 Å². The summed E-state index contributed by atoms with van der Waals surface area (Å²) >= 11 is 0. The number of fused-ring (bicyclic) bond motifs is 1. The Morgan fingerprint density at radius 2 is 2.05 bits per heavy atom. The molecule has 0 aliphatic heterocycles. The largest absolute Gasteiger partial charge is 0.323 e. The average molecular weight is 254 g/mol. The van der Waals surface area contributed by atoms with E-state index < -0.39 is 0 Å². The highest BCUT2D eigenvalue weighted by Crippen LogP contribution is 2.49. The van der Waals surface area contributed by atoms with Crippen LogP contribution in [0.2, 0.25) is 0 Å². The summed E-state index contributed by atoms with van der Waals surface area (Å²) < 4.78 is 0. The number of aromatic nitrogens is 1. The molecule has 3 rings (SSSR count). The minimum absolute atomic E-state index is 0.145. The number of hydrogen-bond donors (Lipinski definition) is 1. The second-order valence-corrected chi connectivity index (χ2v) is 5.86. The minimum atomic E-state index is 0.145. The maximum atomic E-state index is 6.61. The Hall–Kier alpha value is -1.41. The van der Waals surface area contributed by atoms with Gasteiger partial charge in [-0.1, -0.05) is 38.0 Å². The van der Waals surface area contributed by atoms with Crippen molar-refractivity contribution in [2.45, 2.75) is 45.1 Å². The summed E-state index contributed by atoms with van der Waals surface area (Å²) in [4.78, 5) is 4.44. The molecule has 1 atom stereocenters. The molecule has 2 aromatic rings. The van der Waals surface area contributed by atoms with Gasteiger partial charge in [0.2, 0.25) is 0 Å². The molecule has 0 saturated heterocycles. The summed E-state index contributed by atoms with van der Waals surface area (Å²) in [5.74, 6) is 0. The van der Waals surface area contributed by atoms with Crippen molar-refractivity contribution < 1.29 is 0 Å². The van der Waals surface area contributed by atoms with Crippen LogP contribution in [0.3, 0.4) is 0 Å². The lowest BCUT2D eigenvalue weighted by Crippen LogP contribution is -2.31. The normalized spacial score (nSPS) is 19.7. The molecule has 0 bridgehead atoms.